The fourth-order valence-corrected chi connectivity index (χ4v) is 4.07. The largest absolute Gasteiger partial charge is 0.493 e. The zero-order chi connectivity index (χ0) is 22.5. The van der Waals surface area contributed by atoms with Gasteiger partial charge in [0.15, 0.2) is 16.7 Å². The summed E-state index contributed by atoms with van der Waals surface area (Å²) in [6.07, 6.45) is 1.78. The lowest BCUT2D eigenvalue weighted by Gasteiger charge is -2.11. The van der Waals surface area contributed by atoms with Crippen molar-refractivity contribution in [3.8, 4) is 11.5 Å². The third-order valence-corrected chi connectivity index (χ3v) is 6.16. The summed E-state index contributed by atoms with van der Waals surface area (Å²) in [6.45, 7) is 0.410. The van der Waals surface area contributed by atoms with Crippen LogP contribution in [0.3, 0.4) is 0 Å². The second-order valence-corrected chi connectivity index (χ2v) is 8.61. The summed E-state index contributed by atoms with van der Waals surface area (Å²) >= 11 is 13.2. The Labute approximate surface area is 200 Å². The molecule has 0 unspecified atom stereocenters. The highest BCUT2D eigenvalue weighted by Crippen LogP contribution is 2.33. The predicted octanol–water partition coefficient (Wildman–Crippen LogP) is 6.47. The number of ether oxygens (including phenoxy) is 2. The van der Waals surface area contributed by atoms with Gasteiger partial charge in [0.1, 0.15) is 6.61 Å². The normalized spacial score (nSPS) is 15.8. The smallest absolute Gasteiger partial charge is 0.264 e. The summed E-state index contributed by atoms with van der Waals surface area (Å²) in [7, 11) is 1.59. The van der Waals surface area contributed by atoms with Crippen molar-refractivity contribution in [2.24, 2.45) is 4.99 Å². The molecule has 0 aliphatic carbocycles. The van der Waals surface area contributed by atoms with Crippen LogP contribution in [-0.2, 0) is 11.4 Å². The van der Waals surface area contributed by atoms with Gasteiger partial charge in [0.2, 0.25) is 0 Å². The van der Waals surface area contributed by atoms with E-state index in [1.54, 1.807) is 31.4 Å². The highest BCUT2D eigenvalue weighted by molar-refractivity contribution is 8.18. The molecule has 1 saturated heterocycles. The number of thioether (sulfide) groups is 1. The minimum atomic E-state index is -0.226. The second kappa shape index (κ2) is 10.1. The molecule has 3 aromatic carbocycles. The lowest BCUT2D eigenvalue weighted by atomic mass is 10.2. The van der Waals surface area contributed by atoms with Crippen molar-refractivity contribution >= 4 is 57.8 Å². The lowest BCUT2D eigenvalue weighted by molar-refractivity contribution is -0.115. The Kier molecular flexibility index (Phi) is 7.05. The minimum absolute atomic E-state index is 0.226. The van der Waals surface area contributed by atoms with Crippen molar-refractivity contribution in [1.82, 2.24) is 5.32 Å². The first-order chi connectivity index (χ1) is 15.5. The van der Waals surface area contributed by atoms with E-state index in [0.29, 0.717) is 43.9 Å². The monoisotopic (exact) mass is 484 g/mol. The van der Waals surface area contributed by atoms with Crippen molar-refractivity contribution < 1.29 is 14.3 Å². The van der Waals surface area contributed by atoms with E-state index < -0.39 is 0 Å². The number of carbonyl (C=O) groups is 1. The number of hydrogen-bond acceptors (Lipinski definition) is 5. The first-order valence-electron chi connectivity index (χ1n) is 9.61. The molecule has 0 atom stereocenters. The van der Waals surface area contributed by atoms with Crippen molar-refractivity contribution in [3.05, 3.63) is 92.8 Å². The van der Waals surface area contributed by atoms with Crippen LogP contribution >= 0.6 is 35.0 Å². The van der Waals surface area contributed by atoms with E-state index in [9.17, 15) is 4.79 Å². The van der Waals surface area contributed by atoms with Gasteiger partial charge in [-0.2, -0.15) is 0 Å². The Morgan fingerprint density at radius 1 is 1.00 bits per heavy atom. The van der Waals surface area contributed by atoms with Crippen molar-refractivity contribution in [3.63, 3.8) is 0 Å². The average molecular weight is 485 g/mol. The highest BCUT2D eigenvalue weighted by Gasteiger charge is 2.24. The van der Waals surface area contributed by atoms with Crippen LogP contribution in [-0.4, -0.2) is 18.2 Å². The summed E-state index contributed by atoms with van der Waals surface area (Å²) in [4.78, 5) is 17.4. The number of halogens is 2. The van der Waals surface area contributed by atoms with Crippen LogP contribution in [0.25, 0.3) is 6.08 Å². The van der Waals surface area contributed by atoms with E-state index in [0.717, 1.165) is 11.1 Å². The molecule has 5 nitrogen and oxygen atoms in total. The van der Waals surface area contributed by atoms with Gasteiger partial charge in [-0.15, -0.1) is 0 Å². The van der Waals surface area contributed by atoms with Crippen LogP contribution in [0.2, 0.25) is 10.0 Å². The molecular formula is C24H18Cl2N2O3S. The number of nitrogens with zero attached hydrogens (tertiary/aromatic N) is 1. The summed E-state index contributed by atoms with van der Waals surface area (Å²) in [5, 5.41) is 4.08. The third-order valence-electron chi connectivity index (χ3n) is 4.51. The molecule has 0 bridgehead atoms. The number of methoxy groups -OCH3 is 1. The van der Waals surface area contributed by atoms with E-state index in [1.807, 2.05) is 48.5 Å². The van der Waals surface area contributed by atoms with Gasteiger partial charge >= 0.3 is 0 Å². The van der Waals surface area contributed by atoms with Gasteiger partial charge in [-0.05, 0) is 59.3 Å². The van der Waals surface area contributed by atoms with E-state index >= 15 is 0 Å². The maximum absolute atomic E-state index is 12.4. The Hall–Kier alpha value is -2.93. The van der Waals surface area contributed by atoms with Crippen LogP contribution in [0.5, 0.6) is 11.5 Å². The van der Waals surface area contributed by atoms with Crippen molar-refractivity contribution in [2.75, 3.05) is 7.11 Å². The molecule has 1 aliphatic heterocycles. The maximum Gasteiger partial charge on any atom is 0.264 e. The molecule has 1 fully saturated rings. The van der Waals surface area contributed by atoms with Crippen LogP contribution < -0.4 is 14.8 Å². The van der Waals surface area contributed by atoms with Gasteiger partial charge in [-0.25, -0.2) is 4.99 Å². The summed E-state index contributed by atoms with van der Waals surface area (Å²) < 4.78 is 11.4. The number of carbonyl (C=O) groups excluding carboxylic acids is 1. The Balaban J connectivity index is 1.53. The van der Waals surface area contributed by atoms with Gasteiger partial charge in [0, 0.05) is 0 Å². The van der Waals surface area contributed by atoms with Gasteiger partial charge in [-0.1, -0.05) is 59.6 Å². The number of rotatable bonds is 6. The minimum Gasteiger partial charge on any atom is -0.493 e. The highest BCUT2D eigenvalue weighted by atomic mass is 35.5. The molecule has 3 aromatic rings. The molecule has 8 heteroatoms. The van der Waals surface area contributed by atoms with Crippen LogP contribution in [0.4, 0.5) is 5.69 Å². The number of amidine groups is 1. The zero-order valence-corrected chi connectivity index (χ0v) is 19.3. The first kappa shape index (κ1) is 22.3. The predicted molar refractivity (Wildman–Crippen MR) is 131 cm³/mol. The number of hydrogen-bond donors (Lipinski definition) is 1. The molecule has 162 valence electrons. The van der Waals surface area contributed by atoms with Gasteiger partial charge < -0.3 is 14.8 Å². The average Bonchev–Trinajstić information content (AvgIpc) is 3.14. The number of amides is 1. The number of nitrogens with one attached hydrogen (secondary N) is 1. The van der Waals surface area contributed by atoms with E-state index in [-0.39, 0.29) is 5.91 Å². The topological polar surface area (TPSA) is 59.9 Å². The molecular weight excluding hydrogens is 467 g/mol. The molecule has 0 saturated carbocycles. The Morgan fingerprint density at radius 2 is 1.81 bits per heavy atom. The van der Waals surface area contributed by atoms with E-state index in [2.05, 4.69) is 10.3 Å². The molecule has 1 N–H and O–H groups in total. The lowest BCUT2D eigenvalue weighted by Crippen LogP contribution is -2.19. The van der Waals surface area contributed by atoms with Crippen LogP contribution in [0, 0.1) is 0 Å². The molecule has 1 heterocycles. The molecule has 1 aliphatic rings. The van der Waals surface area contributed by atoms with Crippen molar-refractivity contribution in [2.45, 2.75) is 6.61 Å². The molecule has 0 aromatic heterocycles. The fraction of sp³-hybridized carbons (Fsp3) is 0.0833. The van der Waals surface area contributed by atoms with Gasteiger partial charge in [0.25, 0.3) is 5.91 Å². The quantitative estimate of drug-likeness (QED) is 0.407. The number of aliphatic imine (C=N–C) groups is 1. The maximum atomic E-state index is 12.4. The first-order valence-corrected chi connectivity index (χ1v) is 11.2. The fourth-order valence-electron chi connectivity index (χ4n) is 2.93. The van der Waals surface area contributed by atoms with Gasteiger partial charge in [0.05, 0.1) is 27.7 Å². The van der Waals surface area contributed by atoms with E-state index in [4.69, 9.17) is 32.7 Å². The Morgan fingerprint density at radius 3 is 2.56 bits per heavy atom. The number of benzene rings is 3. The third kappa shape index (κ3) is 5.46. The molecule has 0 spiro atoms. The molecule has 32 heavy (non-hydrogen) atoms. The van der Waals surface area contributed by atoms with Crippen LogP contribution in [0.15, 0.2) is 76.6 Å². The van der Waals surface area contributed by atoms with E-state index in [1.165, 1.54) is 11.8 Å². The zero-order valence-electron chi connectivity index (χ0n) is 17.0. The summed E-state index contributed by atoms with van der Waals surface area (Å²) in [5.41, 5.74) is 2.46. The van der Waals surface area contributed by atoms with Crippen LogP contribution in [0.1, 0.15) is 11.1 Å². The second-order valence-electron chi connectivity index (χ2n) is 6.76. The summed E-state index contributed by atoms with van der Waals surface area (Å²) in [5.74, 6) is 0.990. The SMILES string of the molecule is COc1ccc(/C=C2/SC(=Nc3ccc(Cl)c(Cl)c3)NC2=O)cc1OCc1ccccc1. The van der Waals surface area contributed by atoms with Gasteiger partial charge in [-0.3, -0.25) is 4.79 Å². The Bertz CT molecular complexity index is 1210. The molecule has 0 radical (unpaired) electrons. The summed E-state index contributed by atoms with van der Waals surface area (Å²) in [6, 6.07) is 20.4. The molecule has 4 rings (SSSR count). The van der Waals surface area contributed by atoms with Crippen molar-refractivity contribution in [1.29, 1.82) is 0 Å². The standard InChI is InChI=1S/C24H18Cl2N2O3S/c1-30-20-10-7-16(11-21(20)31-14-15-5-3-2-4-6-15)12-22-23(29)28-24(32-22)27-17-8-9-18(25)19(26)13-17/h2-13H,14H2,1H3,(H,27,28,29)/b22-12+. The molecule has 1 amide bonds.